The van der Waals surface area contributed by atoms with Gasteiger partial charge in [0.15, 0.2) is 16.6 Å². The molecule has 1 aromatic heterocycles. The predicted octanol–water partition coefficient (Wildman–Crippen LogP) is 4.01. The quantitative estimate of drug-likeness (QED) is 0.582. The lowest BCUT2D eigenvalue weighted by atomic mass is 10.1. The second-order valence-corrected chi connectivity index (χ2v) is 8.29. The summed E-state index contributed by atoms with van der Waals surface area (Å²) >= 11 is 5.67. The Morgan fingerprint density at radius 3 is 2.53 bits per heavy atom. The number of methoxy groups -OCH3 is 2. The average molecular weight is 453 g/mol. The number of ether oxygens (including phenoxy) is 2. The van der Waals surface area contributed by atoms with E-state index in [2.05, 4.69) is 51.6 Å². The zero-order chi connectivity index (χ0) is 22.7. The molecule has 0 radical (unpaired) electrons. The molecule has 2 aromatic carbocycles. The van der Waals surface area contributed by atoms with Crippen LogP contribution in [-0.2, 0) is 0 Å². The summed E-state index contributed by atoms with van der Waals surface area (Å²) in [5.41, 5.74) is 4.37. The standard InChI is InChI=1S/C23H28N6O2S/c1-15-6-5-7-19(16(15)2)24-23(32)28-12-10-18(11-13-28)29-26-22(25-27-29)17-8-9-20(30-3)21(14-17)31-4/h5-9,14,18H,10-13H2,1-4H3,(H,24,32). The molecular weight excluding hydrogens is 424 g/mol. The number of aromatic nitrogens is 4. The smallest absolute Gasteiger partial charge is 0.205 e. The molecule has 4 rings (SSSR count). The van der Waals surface area contributed by atoms with Crippen LogP contribution in [0.15, 0.2) is 36.4 Å². The number of thiocarbonyl (C=S) groups is 1. The van der Waals surface area contributed by atoms with Crippen LogP contribution in [-0.4, -0.2) is 57.5 Å². The molecule has 0 bridgehead atoms. The number of likely N-dealkylation sites (tertiary alicyclic amines) is 1. The molecule has 168 valence electrons. The molecule has 0 spiro atoms. The predicted molar refractivity (Wildman–Crippen MR) is 128 cm³/mol. The first-order valence-electron chi connectivity index (χ1n) is 10.6. The second kappa shape index (κ2) is 9.52. The first kappa shape index (κ1) is 22.0. The first-order valence-corrected chi connectivity index (χ1v) is 11.0. The molecule has 1 aliphatic rings. The lowest BCUT2D eigenvalue weighted by molar-refractivity contribution is 0.238. The topological polar surface area (TPSA) is 77.3 Å². The fourth-order valence-corrected chi connectivity index (χ4v) is 4.14. The van der Waals surface area contributed by atoms with Gasteiger partial charge in [-0.2, -0.15) is 4.80 Å². The van der Waals surface area contributed by atoms with Gasteiger partial charge in [0.25, 0.3) is 0 Å². The summed E-state index contributed by atoms with van der Waals surface area (Å²) in [5, 5.41) is 17.4. The maximum absolute atomic E-state index is 5.67. The van der Waals surface area contributed by atoms with Crippen molar-refractivity contribution in [2.75, 3.05) is 32.6 Å². The van der Waals surface area contributed by atoms with Crippen LogP contribution in [0.3, 0.4) is 0 Å². The fourth-order valence-electron chi connectivity index (χ4n) is 3.85. The summed E-state index contributed by atoms with van der Waals surface area (Å²) in [6.07, 6.45) is 1.80. The van der Waals surface area contributed by atoms with Crippen LogP contribution < -0.4 is 14.8 Å². The van der Waals surface area contributed by atoms with Gasteiger partial charge in [-0.05, 0) is 79.5 Å². The number of benzene rings is 2. The van der Waals surface area contributed by atoms with Crippen LogP contribution in [0.2, 0.25) is 0 Å². The Balaban J connectivity index is 1.38. The molecule has 1 fully saturated rings. The molecular formula is C23H28N6O2S. The number of rotatable bonds is 5. The molecule has 8 nitrogen and oxygen atoms in total. The van der Waals surface area contributed by atoms with Crippen LogP contribution in [0.4, 0.5) is 5.69 Å². The van der Waals surface area contributed by atoms with Gasteiger partial charge in [-0.15, -0.1) is 10.2 Å². The van der Waals surface area contributed by atoms with Crippen molar-refractivity contribution in [2.24, 2.45) is 0 Å². The number of hydrogen-bond donors (Lipinski definition) is 1. The summed E-state index contributed by atoms with van der Waals surface area (Å²) in [5.74, 6) is 1.88. The molecule has 0 amide bonds. The van der Waals surface area contributed by atoms with Crippen molar-refractivity contribution in [3.05, 3.63) is 47.5 Å². The molecule has 1 saturated heterocycles. The van der Waals surface area contributed by atoms with Gasteiger partial charge in [0.1, 0.15) is 0 Å². The third kappa shape index (κ3) is 4.52. The highest BCUT2D eigenvalue weighted by Crippen LogP contribution is 2.31. The van der Waals surface area contributed by atoms with E-state index >= 15 is 0 Å². The van der Waals surface area contributed by atoms with Crippen molar-refractivity contribution in [3.8, 4) is 22.9 Å². The summed E-state index contributed by atoms with van der Waals surface area (Å²) in [7, 11) is 3.22. The Bertz CT molecular complexity index is 1110. The zero-order valence-corrected chi connectivity index (χ0v) is 19.6. The van der Waals surface area contributed by atoms with Crippen molar-refractivity contribution in [1.29, 1.82) is 0 Å². The van der Waals surface area contributed by atoms with E-state index in [0.29, 0.717) is 17.3 Å². The molecule has 0 atom stereocenters. The number of anilines is 1. The summed E-state index contributed by atoms with van der Waals surface area (Å²) in [6.45, 7) is 5.90. The number of nitrogens with one attached hydrogen (secondary N) is 1. The molecule has 0 aliphatic carbocycles. The van der Waals surface area contributed by atoms with Gasteiger partial charge >= 0.3 is 0 Å². The van der Waals surface area contributed by atoms with Crippen LogP contribution in [0, 0.1) is 13.8 Å². The average Bonchev–Trinajstić information content (AvgIpc) is 3.32. The first-order chi connectivity index (χ1) is 15.5. The van der Waals surface area contributed by atoms with Crippen molar-refractivity contribution >= 4 is 23.0 Å². The fraction of sp³-hybridized carbons (Fsp3) is 0.391. The van der Waals surface area contributed by atoms with Gasteiger partial charge in [0.05, 0.1) is 20.3 Å². The monoisotopic (exact) mass is 452 g/mol. The summed E-state index contributed by atoms with van der Waals surface area (Å²) < 4.78 is 10.7. The zero-order valence-electron chi connectivity index (χ0n) is 18.8. The Morgan fingerprint density at radius 1 is 1.06 bits per heavy atom. The number of aryl methyl sites for hydroxylation is 1. The third-order valence-electron chi connectivity index (χ3n) is 5.99. The molecule has 9 heteroatoms. The van der Waals surface area contributed by atoms with Gasteiger partial charge in [0, 0.05) is 24.3 Å². The van der Waals surface area contributed by atoms with Gasteiger partial charge in [-0.3, -0.25) is 0 Å². The Morgan fingerprint density at radius 2 is 1.81 bits per heavy atom. The largest absolute Gasteiger partial charge is 0.493 e. The lowest BCUT2D eigenvalue weighted by Gasteiger charge is -2.33. The molecule has 0 saturated carbocycles. The molecule has 0 unspecified atom stereocenters. The van der Waals surface area contributed by atoms with E-state index < -0.39 is 0 Å². The number of nitrogens with zero attached hydrogens (tertiary/aromatic N) is 5. The molecule has 1 N–H and O–H groups in total. The number of tetrazole rings is 1. The number of hydrogen-bond acceptors (Lipinski definition) is 6. The van der Waals surface area contributed by atoms with Gasteiger partial charge in [0.2, 0.25) is 5.82 Å². The van der Waals surface area contributed by atoms with E-state index in [1.54, 1.807) is 19.0 Å². The molecule has 2 heterocycles. The normalized spacial score (nSPS) is 14.3. The van der Waals surface area contributed by atoms with Crippen molar-refractivity contribution in [1.82, 2.24) is 25.1 Å². The number of piperidine rings is 1. The minimum Gasteiger partial charge on any atom is -0.493 e. The highest BCUT2D eigenvalue weighted by molar-refractivity contribution is 7.80. The van der Waals surface area contributed by atoms with Gasteiger partial charge < -0.3 is 19.7 Å². The van der Waals surface area contributed by atoms with Crippen LogP contribution in [0.25, 0.3) is 11.4 Å². The Labute approximate surface area is 193 Å². The van der Waals surface area contributed by atoms with E-state index in [4.69, 9.17) is 21.7 Å². The minimum atomic E-state index is 0.191. The van der Waals surface area contributed by atoms with E-state index in [-0.39, 0.29) is 6.04 Å². The maximum atomic E-state index is 5.67. The molecule has 1 aliphatic heterocycles. The van der Waals surface area contributed by atoms with Crippen molar-refractivity contribution in [2.45, 2.75) is 32.7 Å². The van der Waals surface area contributed by atoms with Crippen LogP contribution in [0.1, 0.15) is 30.0 Å². The summed E-state index contributed by atoms with van der Waals surface area (Å²) in [6, 6.07) is 12.0. The Hall–Kier alpha value is -3.20. The minimum absolute atomic E-state index is 0.191. The highest BCUT2D eigenvalue weighted by atomic mass is 32.1. The van der Waals surface area contributed by atoms with Gasteiger partial charge in [-0.1, -0.05) is 12.1 Å². The molecule has 3 aromatic rings. The van der Waals surface area contributed by atoms with E-state index in [1.165, 1.54) is 11.1 Å². The summed E-state index contributed by atoms with van der Waals surface area (Å²) in [4.78, 5) is 3.93. The van der Waals surface area contributed by atoms with Gasteiger partial charge in [-0.25, -0.2) is 0 Å². The van der Waals surface area contributed by atoms with Crippen LogP contribution >= 0.6 is 12.2 Å². The Kier molecular flexibility index (Phi) is 6.55. The lowest BCUT2D eigenvalue weighted by Crippen LogP contribution is -2.41. The molecule has 32 heavy (non-hydrogen) atoms. The maximum Gasteiger partial charge on any atom is 0.205 e. The van der Waals surface area contributed by atoms with Crippen molar-refractivity contribution in [3.63, 3.8) is 0 Å². The SMILES string of the molecule is COc1ccc(-c2nnn(C3CCN(C(=S)Nc4cccc(C)c4C)CC3)n2)cc1OC. The van der Waals surface area contributed by atoms with E-state index in [1.807, 2.05) is 24.3 Å². The van der Waals surface area contributed by atoms with E-state index in [9.17, 15) is 0 Å². The second-order valence-electron chi connectivity index (χ2n) is 7.90. The van der Waals surface area contributed by atoms with Crippen molar-refractivity contribution < 1.29 is 9.47 Å². The third-order valence-corrected chi connectivity index (χ3v) is 6.35. The van der Waals surface area contributed by atoms with Crippen LogP contribution in [0.5, 0.6) is 11.5 Å². The highest BCUT2D eigenvalue weighted by Gasteiger charge is 2.24. The van der Waals surface area contributed by atoms with E-state index in [0.717, 1.165) is 42.3 Å².